The molecule has 0 spiro atoms. The first-order valence-electron chi connectivity index (χ1n) is 10.6. The lowest BCUT2D eigenvalue weighted by Crippen LogP contribution is -2.31. The first-order valence-corrected chi connectivity index (χ1v) is 11.7. The normalized spacial score (nSPS) is 13.2. The molecule has 1 atom stereocenters. The van der Waals surface area contributed by atoms with Crippen LogP contribution in [0.2, 0.25) is 15.2 Å². The quantitative estimate of drug-likeness (QED) is 0.311. The molecule has 35 heavy (non-hydrogen) atoms. The molecule has 0 aliphatic heterocycles. The molecule has 0 aliphatic carbocycles. The summed E-state index contributed by atoms with van der Waals surface area (Å²) in [6.45, 7) is 0. The van der Waals surface area contributed by atoms with Crippen molar-refractivity contribution in [1.29, 1.82) is 0 Å². The van der Waals surface area contributed by atoms with Crippen molar-refractivity contribution >= 4 is 45.7 Å². The first kappa shape index (κ1) is 23.6. The van der Waals surface area contributed by atoms with E-state index in [1.807, 2.05) is 12.1 Å². The average molecular weight is 526 g/mol. The van der Waals surface area contributed by atoms with Gasteiger partial charge < -0.3 is 14.2 Å². The van der Waals surface area contributed by atoms with Gasteiger partial charge in [0.25, 0.3) is 5.56 Å². The molecule has 6 nitrogen and oxygen atoms in total. The predicted molar refractivity (Wildman–Crippen MR) is 139 cm³/mol. The molecule has 1 N–H and O–H groups in total. The maximum atomic E-state index is 12.8. The molecule has 2 aromatic carbocycles. The van der Waals surface area contributed by atoms with E-state index in [4.69, 9.17) is 34.8 Å². The Labute approximate surface area is 216 Å². The number of nitrogens with zero attached hydrogens (tertiary/aromatic N) is 4. The van der Waals surface area contributed by atoms with Crippen molar-refractivity contribution in [2.45, 2.75) is 5.60 Å². The SMILES string of the molecule is Cn1cncc1C(O)(c1ccc(Cl)nc1)c1ccc2c(c1)c(-c1cc(Cl)cc(Cl)c1)cc(=O)n2C. The van der Waals surface area contributed by atoms with E-state index < -0.39 is 5.60 Å². The van der Waals surface area contributed by atoms with Crippen LogP contribution >= 0.6 is 34.8 Å². The van der Waals surface area contributed by atoms with Crippen molar-refractivity contribution in [3.05, 3.63) is 116 Å². The summed E-state index contributed by atoms with van der Waals surface area (Å²) in [6, 6.07) is 15.5. The molecule has 0 saturated heterocycles. The molecule has 176 valence electrons. The van der Waals surface area contributed by atoms with Gasteiger partial charge in [-0.05, 0) is 53.1 Å². The number of hydrogen-bond acceptors (Lipinski definition) is 4. The lowest BCUT2D eigenvalue weighted by molar-refractivity contribution is 0.117. The highest BCUT2D eigenvalue weighted by Gasteiger charge is 2.37. The van der Waals surface area contributed by atoms with Gasteiger partial charge in [0.2, 0.25) is 0 Å². The van der Waals surface area contributed by atoms with E-state index >= 15 is 0 Å². The van der Waals surface area contributed by atoms with Gasteiger partial charge in [-0.2, -0.15) is 0 Å². The summed E-state index contributed by atoms with van der Waals surface area (Å²) in [5.41, 5.74) is 1.87. The van der Waals surface area contributed by atoms with Crippen LogP contribution in [-0.2, 0) is 19.7 Å². The van der Waals surface area contributed by atoms with Gasteiger partial charge in [0.15, 0.2) is 5.60 Å². The van der Waals surface area contributed by atoms with Gasteiger partial charge in [0.05, 0.1) is 23.7 Å². The Hall–Kier alpha value is -3.16. The Morgan fingerprint density at radius 2 is 1.60 bits per heavy atom. The van der Waals surface area contributed by atoms with Crippen LogP contribution in [0.3, 0.4) is 0 Å². The molecule has 0 saturated carbocycles. The minimum Gasteiger partial charge on any atom is -0.374 e. The van der Waals surface area contributed by atoms with E-state index in [2.05, 4.69) is 9.97 Å². The van der Waals surface area contributed by atoms with Gasteiger partial charge in [0, 0.05) is 47.4 Å². The topological polar surface area (TPSA) is 72.9 Å². The molecule has 0 aliphatic rings. The Morgan fingerprint density at radius 3 is 2.23 bits per heavy atom. The summed E-state index contributed by atoms with van der Waals surface area (Å²) in [6.07, 6.45) is 4.77. The van der Waals surface area contributed by atoms with Gasteiger partial charge in [-0.15, -0.1) is 0 Å². The lowest BCUT2D eigenvalue weighted by atomic mass is 9.83. The predicted octanol–water partition coefficient (Wildman–Crippen LogP) is 5.58. The minimum absolute atomic E-state index is 0.180. The molecule has 5 rings (SSSR count). The van der Waals surface area contributed by atoms with Crippen LogP contribution in [0.4, 0.5) is 0 Å². The molecule has 5 aromatic rings. The summed E-state index contributed by atoms with van der Waals surface area (Å²) >= 11 is 18.6. The molecule has 0 amide bonds. The van der Waals surface area contributed by atoms with Crippen molar-refractivity contribution in [2.24, 2.45) is 14.1 Å². The third kappa shape index (κ3) is 4.02. The molecular formula is C26H19Cl3N4O2. The highest BCUT2D eigenvalue weighted by molar-refractivity contribution is 6.35. The second kappa shape index (κ2) is 8.81. The third-order valence-corrected chi connectivity index (χ3v) is 6.83. The number of imidazole rings is 1. The maximum Gasteiger partial charge on any atom is 0.251 e. The maximum absolute atomic E-state index is 12.8. The van der Waals surface area contributed by atoms with E-state index in [-0.39, 0.29) is 5.56 Å². The van der Waals surface area contributed by atoms with E-state index in [1.165, 1.54) is 6.20 Å². The smallest absolute Gasteiger partial charge is 0.251 e. The van der Waals surface area contributed by atoms with Crippen molar-refractivity contribution in [3.63, 3.8) is 0 Å². The van der Waals surface area contributed by atoms with Gasteiger partial charge in [0.1, 0.15) is 5.15 Å². The van der Waals surface area contributed by atoms with Crippen LogP contribution in [-0.4, -0.2) is 24.2 Å². The number of hydrogen-bond donors (Lipinski definition) is 1. The lowest BCUT2D eigenvalue weighted by Gasteiger charge is -2.30. The third-order valence-electron chi connectivity index (χ3n) is 6.17. The number of rotatable bonds is 4. The van der Waals surface area contributed by atoms with Gasteiger partial charge in [-0.1, -0.05) is 46.9 Å². The minimum atomic E-state index is -1.60. The molecule has 0 bridgehead atoms. The molecule has 3 aromatic heterocycles. The second-order valence-corrected chi connectivity index (χ2v) is 9.58. The average Bonchev–Trinajstić information content (AvgIpc) is 3.26. The monoisotopic (exact) mass is 524 g/mol. The second-order valence-electron chi connectivity index (χ2n) is 8.32. The zero-order chi connectivity index (χ0) is 24.9. The summed E-state index contributed by atoms with van der Waals surface area (Å²) in [5.74, 6) is 0. The number of halogens is 3. The standard InChI is InChI=1S/C26H19Cl3N4O2/c1-32-14-30-13-23(32)26(35,17-4-6-24(29)31-12-17)16-3-5-22-21(9-16)20(11-25(34)33(22)2)15-7-18(27)10-19(28)8-15/h3-14,35H,1-2H3. The van der Waals surface area contributed by atoms with E-state index in [1.54, 1.807) is 78.2 Å². The number of fused-ring (bicyclic) bond motifs is 1. The fraction of sp³-hybridized carbons (Fsp3) is 0.115. The summed E-state index contributed by atoms with van der Waals surface area (Å²) < 4.78 is 3.30. The fourth-order valence-corrected chi connectivity index (χ4v) is 5.03. The van der Waals surface area contributed by atoms with Crippen molar-refractivity contribution in [2.75, 3.05) is 0 Å². The molecule has 3 heterocycles. The largest absolute Gasteiger partial charge is 0.374 e. The highest BCUT2D eigenvalue weighted by Crippen LogP contribution is 2.39. The van der Waals surface area contributed by atoms with Crippen LogP contribution < -0.4 is 5.56 Å². The van der Waals surface area contributed by atoms with Crippen molar-refractivity contribution in [1.82, 2.24) is 19.1 Å². The number of pyridine rings is 2. The Bertz CT molecular complexity index is 1620. The summed E-state index contributed by atoms with van der Waals surface area (Å²) in [4.78, 5) is 21.2. The first-order chi connectivity index (χ1) is 16.7. The van der Waals surface area contributed by atoms with Gasteiger partial charge >= 0.3 is 0 Å². The van der Waals surface area contributed by atoms with Crippen LogP contribution in [0, 0.1) is 0 Å². The Balaban J connectivity index is 1.85. The van der Waals surface area contributed by atoms with Gasteiger partial charge in [-0.25, -0.2) is 9.97 Å². The van der Waals surface area contributed by atoms with E-state index in [0.717, 1.165) is 5.39 Å². The van der Waals surface area contributed by atoms with Gasteiger partial charge in [-0.3, -0.25) is 4.79 Å². The summed E-state index contributed by atoms with van der Waals surface area (Å²) in [7, 11) is 3.51. The highest BCUT2D eigenvalue weighted by atomic mass is 35.5. The van der Waals surface area contributed by atoms with Crippen molar-refractivity contribution < 1.29 is 5.11 Å². The molecule has 1 unspecified atom stereocenters. The molecule has 9 heteroatoms. The fourth-order valence-electron chi connectivity index (χ4n) is 4.39. The van der Waals surface area contributed by atoms with Crippen LogP contribution in [0.1, 0.15) is 16.8 Å². The zero-order valence-electron chi connectivity index (χ0n) is 18.7. The van der Waals surface area contributed by atoms with Crippen LogP contribution in [0.15, 0.2) is 78.1 Å². The number of benzene rings is 2. The summed E-state index contributed by atoms with van der Waals surface area (Å²) in [5, 5.41) is 14.2. The van der Waals surface area contributed by atoms with Crippen LogP contribution in [0.25, 0.3) is 22.0 Å². The number of aliphatic hydroxyl groups is 1. The Morgan fingerprint density at radius 1 is 0.886 bits per heavy atom. The number of aromatic nitrogens is 4. The molecular weight excluding hydrogens is 507 g/mol. The Kier molecular flexibility index (Phi) is 5.93. The van der Waals surface area contributed by atoms with E-state index in [0.29, 0.717) is 48.7 Å². The molecule has 0 fully saturated rings. The molecule has 0 radical (unpaired) electrons. The van der Waals surface area contributed by atoms with Crippen LogP contribution in [0.5, 0.6) is 0 Å². The zero-order valence-corrected chi connectivity index (χ0v) is 21.0. The van der Waals surface area contributed by atoms with Crippen molar-refractivity contribution in [3.8, 4) is 11.1 Å². The number of aryl methyl sites for hydroxylation is 2. The van der Waals surface area contributed by atoms with E-state index in [9.17, 15) is 9.90 Å².